The maximum Gasteiger partial charge on any atom is 0.243 e. The van der Waals surface area contributed by atoms with E-state index in [4.69, 9.17) is 0 Å². The molecule has 272 valence electrons. The molecule has 0 saturated carbocycles. The summed E-state index contributed by atoms with van der Waals surface area (Å²) in [5.74, 6) is 0. The molecule has 1 aromatic carbocycles. The van der Waals surface area contributed by atoms with Crippen LogP contribution in [-0.4, -0.2) is 25.8 Å². The Kier molecular flexibility index (Phi) is 29.6. The first-order chi connectivity index (χ1) is 23.0. The highest BCUT2D eigenvalue weighted by Crippen LogP contribution is 2.20. The van der Waals surface area contributed by atoms with Crippen LogP contribution in [0, 0.1) is 6.92 Å². The molecule has 1 rings (SSSR count). The first-order valence-electron chi connectivity index (χ1n) is 20.4. The van der Waals surface area contributed by atoms with Crippen molar-refractivity contribution < 1.29 is 8.42 Å². The van der Waals surface area contributed by atoms with Gasteiger partial charge in [-0.25, -0.2) is 8.42 Å². The quantitative estimate of drug-likeness (QED) is 0.0540. The van der Waals surface area contributed by atoms with E-state index < -0.39 is 10.0 Å². The first kappa shape index (κ1) is 43.6. The van der Waals surface area contributed by atoms with Gasteiger partial charge in [0.1, 0.15) is 0 Å². The van der Waals surface area contributed by atoms with Gasteiger partial charge in [-0.3, -0.25) is 0 Å². The van der Waals surface area contributed by atoms with Gasteiger partial charge in [-0.05, 0) is 83.3 Å². The van der Waals surface area contributed by atoms with E-state index in [2.05, 4.69) is 38.2 Å². The van der Waals surface area contributed by atoms with Gasteiger partial charge in [0.05, 0.1) is 4.90 Å². The third kappa shape index (κ3) is 25.3. The number of unbranched alkanes of at least 4 members (excludes halogenated alkanes) is 24. The summed E-state index contributed by atoms with van der Waals surface area (Å²) < 4.78 is 28.9. The highest BCUT2D eigenvalue weighted by molar-refractivity contribution is 7.89. The second kappa shape index (κ2) is 31.9. The van der Waals surface area contributed by atoms with E-state index in [0.29, 0.717) is 18.0 Å². The second-order valence-corrected chi connectivity index (χ2v) is 16.0. The lowest BCUT2D eigenvalue weighted by Crippen LogP contribution is -2.33. The molecule has 0 aliphatic carbocycles. The van der Waals surface area contributed by atoms with Crippen molar-refractivity contribution in [3.05, 3.63) is 54.1 Å². The minimum absolute atomic E-state index is 0.442. The van der Waals surface area contributed by atoms with E-state index in [1.807, 2.05) is 19.1 Å². The zero-order chi connectivity index (χ0) is 34.1. The Morgan fingerprint density at radius 3 is 1.09 bits per heavy atom. The van der Waals surface area contributed by atoms with Gasteiger partial charge in [0.25, 0.3) is 0 Å². The summed E-state index contributed by atoms with van der Waals surface area (Å²) in [6.45, 7) is 7.84. The number of hydrogen-bond acceptors (Lipinski definition) is 2. The molecule has 0 N–H and O–H groups in total. The minimum Gasteiger partial charge on any atom is -0.207 e. The highest BCUT2D eigenvalue weighted by atomic mass is 32.2. The molecule has 0 atom stereocenters. The van der Waals surface area contributed by atoms with E-state index in [1.165, 1.54) is 154 Å². The summed E-state index contributed by atoms with van der Waals surface area (Å²) in [6.07, 6.45) is 45.1. The van der Waals surface area contributed by atoms with E-state index >= 15 is 0 Å². The van der Waals surface area contributed by atoms with Crippen LogP contribution in [-0.2, 0) is 10.0 Å². The van der Waals surface area contributed by atoms with Crippen LogP contribution in [0.25, 0.3) is 0 Å². The predicted molar refractivity (Wildman–Crippen MR) is 209 cm³/mol. The van der Waals surface area contributed by atoms with Crippen LogP contribution in [0.4, 0.5) is 0 Å². The van der Waals surface area contributed by atoms with E-state index in [-0.39, 0.29) is 0 Å². The topological polar surface area (TPSA) is 37.4 Å². The van der Waals surface area contributed by atoms with Crippen molar-refractivity contribution in [3.8, 4) is 0 Å². The normalized spacial score (nSPS) is 12.3. The zero-order valence-corrected chi connectivity index (χ0v) is 32.3. The number of sulfonamides is 1. The Hall–Kier alpha value is -1.39. The van der Waals surface area contributed by atoms with Crippen molar-refractivity contribution in [2.24, 2.45) is 0 Å². The smallest absolute Gasteiger partial charge is 0.207 e. The van der Waals surface area contributed by atoms with Gasteiger partial charge >= 0.3 is 0 Å². The average molecular weight is 672 g/mol. The third-order valence-electron chi connectivity index (χ3n) is 9.50. The van der Waals surface area contributed by atoms with Gasteiger partial charge in [-0.2, -0.15) is 4.31 Å². The Morgan fingerprint density at radius 1 is 0.447 bits per heavy atom. The molecular formula is C43H77NO2S. The molecule has 1 aromatic rings. The average Bonchev–Trinajstić information content (AvgIpc) is 3.07. The van der Waals surface area contributed by atoms with Gasteiger partial charge in [-0.15, -0.1) is 0 Å². The molecule has 0 spiro atoms. The van der Waals surface area contributed by atoms with Crippen LogP contribution < -0.4 is 0 Å². The van der Waals surface area contributed by atoms with Gasteiger partial charge in [-0.1, -0.05) is 171 Å². The highest BCUT2D eigenvalue weighted by Gasteiger charge is 2.23. The van der Waals surface area contributed by atoms with E-state index in [1.54, 1.807) is 16.4 Å². The maximum absolute atomic E-state index is 13.5. The number of aryl methyl sites for hydroxylation is 1. The van der Waals surface area contributed by atoms with Crippen LogP contribution in [0.3, 0.4) is 0 Å². The van der Waals surface area contributed by atoms with Crippen LogP contribution in [0.15, 0.2) is 53.5 Å². The number of allylic oxidation sites excluding steroid dienone is 4. The number of nitrogens with zero attached hydrogens (tertiary/aromatic N) is 1. The molecular weight excluding hydrogens is 595 g/mol. The molecule has 0 unspecified atom stereocenters. The SMILES string of the molecule is CCCCCCCCC=CCCCCCCCCN(CCCCCCCCC=CCCCCCCCC)S(=O)(=O)c1ccc(C)cc1. The standard InChI is InChI=1S/C43H77NO2S/c1-4-6-8-10-12-14-16-18-20-22-24-26-28-30-32-34-40-44(47(45,46)43-38-36-42(3)37-39-43)41-35-33-31-29-27-25-23-21-19-17-15-13-11-9-7-5-2/h18-21,36-39H,4-17,22-35,40-41H2,1-3H3. The van der Waals surface area contributed by atoms with Crippen molar-refractivity contribution in [2.75, 3.05) is 13.1 Å². The molecule has 0 aromatic heterocycles. The lowest BCUT2D eigenvalue weighted by Gasteiger charge is -2.22. The summed E-state index contributed by atoms with van der Waals surface area (Å²) in [5.41, 5.74) is 1.09. The molecule has 0 radical (unpaired) electrons. The van der Waals surface area contributed by atoms with Crippen molar-refractivity contribution >= 4 is 10.0 Å². The van der Waals surface area contributed by atoms with E-state index in [0.717, 1.165) is 31.2 Å². The summed E-state index contributed by atoms with van der Waals surface area (Å²) in [7, 11) is -3.44. The maximum atomic E-state index is 13.5. The Balaban J connectivity index is 2.23. The fraction of sp³-hybridized carbons (Fsp3) is 0.767. The molecule has 0 aliphatic heterocycles. The number of hydrogen-bond donors (Lipinski definition) is 0. The van der Waals surface area contributed by atoms with Gasteiger partial charge in [0, 0.05) is 13.1 Å². The minimum atomic E-state index is -3.44. The molecule has 0 saturated heterocycles. The molecule has 0 amide bonds. The fourth-order valence-corrected chi connectivity index (χ4v) is 7.80. The lowest BCUT2D eigenvalue weighted by molar-refractivity contribution is 0.383. The zero-order valence-electron chi connectivity index (χ0n) is 31.5. The molecule has 47 heavy (non-hydrogen) atoms. The molecule has 0 fully saturated rings. The Labute approximate surface area is 294 Å². The summed E-state index contributed by atoms with van der Waals surface area (Å²) in [4.78, 5) is 0.442. The first-order valence-corrected chi connectivity index (χ1v) is 21.8. The molecule has 0 bridgehead atoms. The van der Waals surface area contributed by atoms with Crippen molar-refractivity contribution in [1.82, 2.24) is 4.31 Å². The number of benzene rings is 1. The van der Waals surface area contributed by atoms with Crippen molar-refractivity contribution in [3.63, 3.8) is 0 Å². The fourth-order valence-electron chi connectivity index (χ4n) is 6.28. The number of rotatable bonds is 34. The summed E-state index contributed by atoms with van der Waals surface area (Å²) >= 11 is 0. The van der Waals surface area contributed by atoms with Crippen molar-refractivity contribution in [1.29, 1.82) is 0 Å². The third-order valence-corrected chi connectivity index (χ3v) is 11.4. The molecule has 4 heteroatoms. The van der Waals surface area contributed by atoms with Gasteiger partial charge in [0.2, 0.25) is 10.0 Å². The molecule has 0 aliphatic rings. The second-order valence-electron chi connectivity index (χ2n) is 14.1. The van der Waals surface area contributed by atoms with Gasteiger partial charge < -0.3 is 0 Å². The van der Waals surface area contributed by atoms with Gasteiger partial charge in [0.15, 0.2) is 0 Å². The molecule has 0 heterocycles. The lowest BCUT2D eigenvalue weighted by atomic mass is 10.1. The van der Waals surface area contributed by atoms with Crippen molar-refractivity contribution in [2.45, 2.75) is 205 Å². The summed E-state index contributed by atoms with van der Waals surface area (Å²) in [5, 5.41) is 0. The van der Waals surface area contributed by atoms with Crippen LogP contribution >= 0.6 is 0 Å². The molecule has 3 nitrogen and oxygen atoms in total. The van der Waals surface area contributed by atoms with Crippen LogP contribution in [0.2, 0.25) is 0 Å². The Bertz CT molecular complexity index is 924. The summed E-state index contributed by atoms with van der Waals surface area (Å²) in [6, 6.07) is 7.39. The Morgan fingerprint density at radius 2 is 0.745 bits per heavy atom. The van der Waals surface area contributed by atoms with Crippen LogP contribution in [0.1, 0.15) is 199 Å². The largest absolute Gasteiger partial charge is 0.243 e. The monoisotopic (exact) mass is 672 g/mol. The van der Waals surface area contributed by atoms with Crippen LogP contribution in [0.5, 0.6) is 0 Å². The predicted octanol–water partition coefficient (Wildman–Crippen LogP) is 14.1. The van der Waals surface area contributed by atoms with E-state index in [9.17, 15) is 8.42 Å².